The number of anilines is 3. The average molecular weight is 694 g/mol. The summed E-state index contributed by atoms with van der Waals surface area (Å²) in [7, 11) is 0. The molecule has 13 heteroatoms. The van der Waals surface area contributed by atoms with Crippen LogP contribution in [0.15, 0.2) is 108 Å². The number of benzene rings is 4. The van der Waals surface area contributed by atoms with Gasteiger partial charge in [0.05, 0.1) is 35.9 Å². The Labute approximate surface area is 294 Å². The van der Waals surface area contributed by atoms with Gasteiger partial charge in [-0.1, -0.05) is 78.5 Å². The van der Waals surface area contributed by atoms with Crippen molar-refractivity contribution in [3.63, 3.8) is 0 Å². The number of hydrogen-bond acceptors (Lipinski definition) is 10. The maximum atomic E-state index is 12.6. The Balaban J connectivity index is 1.04. The highest BCUT2D eigenvalue weighted by molar-refractivity contribution is 7.99. The number of hydrogen-bond donors (Lipinski definition) is 4. The third-order valence-electron chi connectivity index (χ3n) is 8.21. The van der Waals surface area contributed by atoms with E-state index in [1.54, 1.807) is 16.8 Å². The average Bonchev–Trinajstić information content (AvgIpc) is 3.63. The molecular formula is C37H39N7O5S. The van der Waals surface area contributed by atoms with E-state index in [1.165, 1.54) is 11.8 Å². The van der Waals surface area contributed by atoms with Gasteiger partial charge < -0.3 is 30.9 Å². The van der Waals surface area contributed by atoms with Crippen LogP contribution in [-0.4, -0.2) is 49.0 Å². The van der Waals surface area contributed by atoms with E-state index in [4.69, 9.17) is 15.2 Å². The molecule has 5 N–H and O–H groups in total. The molecule has 5 aromatic rings. The minimum absolute atomic E-state index is 0.0301. The summed E-state index contributed by atoms with van der Waals surface area (Å²) in [5, 5.41) is 28.2. The number of amides is 2. The van der Waals surface area contributed by atoms with Gasteiger partial charge in [0.25, 0.3) is 0 Å². The van der Waals surface area contributed by atoms with Crippen molar-refractivity contribution in [1.29, 1.82) is 0 Å². The summed E-state index contributed by atoms with van der Waals surface area (Å²) in [4.78, 5) is 24.9. The molecule has 0 spiro atoms. The number of ether oxygens (including phenoxy) is 2. The number of para-hydroxylation sites is 3. The molecule has 0 bridgehead atoms. The van der Waals surface area contributed by atoms with Crippen LogP contribution >= 0.6 is 11.8 Å². The highest BCUT2D eigenvalue weighted by Gasteiger charge is 2.32. The Morgan fingerprint density at radius 1 is 0.840 bits per heavy atom. The topological polar surface area (TPSA) is 167 Å². The smallest absolute Gasteiger partial charge is 0.224 e. The Morgan fingerprint density at radius 2 is 1.52 bits per heavy atom. The van der Waals surface area contributed by atoms with E-state index >= 15 is 0 Å². The predicted octanol–water partition coefficient (Wildman–Crippen LogP) is 6.21. The fraction of sp³-hybridized carbons (Fsp3) is 0.270. The number of aromatic nitrogens is 4. The number of aliphatic hydroxyl groups excluding tert-OH is 1. The van der Waals surface area contributed by atoms with Crippen LogP contribution in [0, 0.1) is 0 Å². The summed E-state index contributed by atoms with van der Waals surface area (Å²) in [6, 6.07) is 32.0. The molecule has 4 aromatic carbocycles. The normalized spacial score (nSPS) is 17.3. The van der Waals surface area contributed by atoms with Gasteiger partial charge in [0.1, 0.15) is 0 Å². The molecule has 50 heavy (non-hydrogen) atoms. The minimum atomic E-state index is -0.649. The largest absolute Gasteiger partial charge is 0.397 e. The fourth-order valence-electron chi connectivity index (χ4n) is 5.53. The molecule has 2 heterocycles. The van der Waals surface area contributed by atoms with Crippen molar-refractivity contribution in [3.8, 4) is 5.69 Å². The second kappa shape index (κ2) is 17.0. The van der Waals surface area contributed by atoms with Crippen LogP contribution in [0.1, 0.15) is 61.2 Å². The van der Waals surface area contributed by atoms with Gasteiger partial charge in [-0.3, -0.25) is 9.59 Å². The molecule has 0 radical (unpaired) electrons. The van der Waals surface area contributed by atoms with Crippen LogP contribution in [0.5, 0.6) is 0 Å². The number of unbranched alkanes of at least 4 members (excludes halogenated alkanes) is 1. The maximum absolute atomic E-state index is 12.6. The second-order valence-corrected chi connectivity index (χ2v) is 12.9. The molecule has 6 rings (SSSR count). The quantitative estimate of drug-likeness (QED) is 0.0597. The van der Waals surface area contributed by atoms with E-state index in [-0.39, 0.29) is 30.6 Å². The number of aliphatic hydroxyl groups is 1. The Morgan fingerprint density at radius 3 is 2.24 bits per heavy atom. The number of tetrazole rings is 1. The van der Waals surface area contributed by atoms with Gasteiger partial charge in [-0.05, 0) is 70.8 Å². The highest BCUT2D eigenvalue weighted by atomic mass is 32.2. The summed E-state index contributed by atoms with van der Waals surface area (Å²) in [5.41, 5.74) is 11.1. The first-order valence-electron chi connectivity index (χ1n) is 16.5. The molecule has 1 aliphatic rings. The zero-order chi connectivity index (χ0) is 34.7. The van der Waals surface area contributed by atoms with Crippen LogP contribution in [0.3, 0.4) is 0 Å². The van der Waals surface area contributed by atoms with Gasteiger partial charge in [-0.25, -0.2) is 0 Å². The third kappa shape index (κ3) is 9.33. The lowest BCUT2D eigenvalue weighted by molar-refractivity contribution is -0.245. The zero-order valence-electron chi connectivity index (χ0n) is 27.4. The monoisotopic (exact) mass is 693 g/mol. The number of carbonyl (C=O) groups is 2. The number of nitrogens with one attached hydrogen (secondary N) is 2. The van der Waals surface area contributed by atoms with Crippen molar-refractivity contribution < 1.29 is 24.2 Å². The summed E-state index contributed by atoms with van der Waals surface area (Å²) >= 11 is 1.51. The maximum Gasteiger partial charge on any atom is 0.224 e. The predicted molar refractivity (Wildman–Crippen MR) is 191 cm³/mol. The van der Waals surface area contributed by atoms with Gasteiger partial charge >= 0.3 is 0 Å². The van der Waals surface area contributed by atoms with Crippen LogP contribution in [0.4, 0.5) is 17.1 Å². The van der Waals surface area contributed by atoms with Crippen molar-refractivity contribution in [1.82, 2.24) is 20.2 Å². The van der Waals surface area contributed by atoms with Crippen LogP contribution < -0.4 is 16.4 Å². The first-order chi connectivity index (χ1) is 24.4. The first-order valence-corrected chi connectivity index (χ1v) is 17.4. The highest BCUT2D eigenvalue weighted by Crippen LogP contribution is 2.39. The molecule has 3 atom stereocenters. The lowest BCUT2D eigenvalue weighted by atomic mass is 10.0. The summed E-state index contributed by atoms with van der Waals surface area (Å²) in [6.07, 6.45) is 1.27. The number of nitrogens with two attached hydrogens (primary N) is 1. The van der Waals surface area contributed by atoms with Gasteiger partial charge in [0.2, 0.25) is 17.0 Å². The SMILES string of the molecule is Nc1ccccc1NC(=O)CCCCC(=O)Nc1ccc([C@H]2O[C@@H](CSc3nnnn3-c3ccccc3)C[C@@H](c3ccc(CO)cc3)O2)cc1. The molecular weight excluding hydrogens is 655 g/mol. The number of nitrogen functional groups attached to an aromatic ring is 1. The molecule has 0 unspecified atom stereocenters. The molecule has 12 nitrogen and oxygen atoms in total. The van der Waals surface area contributed by atoms with E-state index in [1.807, 2.05) is 91.0 Å². The van der Waals surface area contributed by atoms with Crippen molar-refractivity contribution >= 4 is 40.6 Å². The molecule has 2 amide bonds. The van der Waals surface area contributed by atoms with Crippen LogP contribution in [-0.2, 0) is 25.7 Å². The Hall–Kier alpha value is -5.08. The molecule has 1 saturated heterocycles. The van der Waals surface area contributed by atoms with Crippen LogP contribution in [0.2, 0.25) is 0 Å². The fourth-order valence-corrected chi connectivity index (χ4v) is 6.44. The number of nitrogens with zero attached hydrogens (tertiary/aromatic N) is 4. The first kappa shape index (κ1) is 34.8. The Kier molecular flexibility index (Phi) is 11.8. The molecule has 0 saturated carbocycles. The van der Waals surface area contributed by atoms with E-state index in [9.17, 15) is 14.7 Å². The van der Waals surface area contributed by atoms with Crippen molar-refractivity contribution in [2.75, 3.05) is 22.1 Å². The van der Waals surface area contributed by atoms with E-state index in [0.717, 1.165) is 22.4 Å². The van der Waals surface area contributed by atoms with Gasteiger partial charge in [0.15, 0.2) is 6.29 Å². The number of carbonyl (C=O) groups excluding carboxylic acids is 2. The molecule has 1 fully saturated rings. The summed E-state index contributed by atoms with van der Waals surface area (Å²) in [5.74, 6) is 0.328. The standard InChI is InChI=1S/C37H39N7O5S/c38-31-10-4-5-11-32(31)40-35(47)13-7-6-12-34(46)39-28-20-18-27(19-21-28)36-48-30(22-33(49-36)26-16-14-25(23-45)15-17-26)24-50-37-41-42-43-44(37)29-8-2-1-3-9-29/h1-5,8-11,14-21,30,33,36,45H,6-7,12-13,22-24,38H2,(H,39,46)(H,40,47)/t30-,33+,36+/m1/s1. The second-order valence-electron chi connectivity index (χ2n) is 11.9. The van der Waals surface area contributed by atoms with Gasteiger partial charge in [-0.2, -0.15) is 4.68 Å². The van der Waals surface area contributed by atoms with Gasteiger partial charge in [-0.15, -0.1) is 5.10 Å². The third-order valence-corrected chi connectivity index (χ3v) is 9.27. The van der Waals surface area contributed by atoms with E-state index in [2.05, 4.69) is 26.2 Å². The van der Waals surface area contributed by atoms with Crippen LogP contribution in [0.25, 0.3) is 5.69 Å². The van der Waals surface area contributed by atoms with Crippen molar-refractivity contribution in [2.24, 2.45) is 0 Å². The molecule has 0 aliphatic carbocycles. The lowest BCUT2D eigenvalue weighted by Gasteiger charge is -2.36. The van der Waals surface area contributed by atoms with Crippen molar-refractivity contribution in [2.45, 2.75) is 62.4 Å². The van der Waals surface area contributed by atoms with E-state index < -0.39 is 6.29 Å². The summed E-state index contributed by atoms with van der Waals surface area (Å²) in [6.45, 7) is -0.0301. The molecule has 258 valence electrons. The van der Waals surface area contributed by atoms with Crippen molar-refractivity contribution in [3.05, 3.63) is 120 Å². The Bertz CT molecular complexity index is 1850. The van der Waals surface area contributed by atoms with Gasteiger partial charge in [0, 0.05) is 36.3 Å². The lowest BCUT2D eigenvalue weighted by Crippen LogP contribution is -2.31. The number of rotatable bonds is 14. The minimum Gasteiger partial charge on any atom is -0.397 e. The zero-order valence-corrected chi connectivity index (χ0v) is 28.2. The molecule has 1 aromatic heterocycles. The molecule has 1 aliphatic heterocycles. The number of thioether (sulfide) groups is 1. The summed E-state index contributed by atoms with van der Waals surface area (Å²) < 4.78 is 14.7. The van der Waals surface area contributed by atoms with E-state index in [0.29, 0.717) is 60.1 Å².